The van der Waals surface area contributed by atoms with Crippen LogP contribution in [-0.4, -0.2) is 7.05 Å². The largest absolute Gasteiger partial charge is 0.313 e. The summed E-state index contributed by atoms with van der Waals surface area (Å²) in [6, 6.07) is 7.52. The highest BCUT2D eigenvalue weighted by molar-refractivity contribution is 5.37. The molecule has 70 valence electrons. The van der Waals surface area contributed by atoms with E-state index in [9.17, 15) is 0 Å². The minimum Gasteiger partial charge on any atom is -0.313 e. The average molecular weight is 175 g/mol. The van der Waals surface area contributed by atoms with Gasteiger partial charge in [-0.05, 0) is 43.0 Å². The summed E-state index contributed by atoms with van der Waals surface area (Å²) in [7, 11) is 2.05. The fraction of sp³-hybridized carbons (Fsp3) is 0.500. The van der Waals surface area contributed by atoms with E-state index < -0.39 is 0 Å². The Morgan fingerprint density at radius 3 is 3.00 bits per heavy atom. The molecule has 1 heteroatoms. The predicted octanol–water partition coefficient (Wildman–Crippen LogP) is 2.46. The fourth-order valence-corrected chi connectivity index (χ4v) is 2.17. The van der Waals surface area contributed by atoms with E-state index in [1.807, 2.05) is 0 Å². The van der Waals surface area contributed by atoms with Gasteiger partial charge in [0.1, 0.15) is 0 Å². The molecule has 0 aliphatic heterocycles. The molecular formula is C12H17N. The number of benzene rings is 1. The molecule has 0 saturated carbocycles. The Morgan fingerprint density at radius 2 is 2.31 bits per heavy atom. The van der Waals surface area contributed by atoms with Crippen molar-refractivity contribution in [2.24, 2.45) is 0 Å². The molecule has 1 aromatic carbocycles. The second-order valence-electron chi connectivity index (χ2n) is 3.77. The van der Waals surface area contributed by atoms with E-state index in [1.54, 1.807) is 0 Å². The van der Waals surface area contributed by atoms with Crippen molar-refractivity contribution < 1.29 is 0 Å². The van der Waals surface area contributed by atoms with Crippen molar-refractivity contribution in [1.29, 1.82) is 0 Å². The zero-order valence-electron chi connectivity index (χ0n) is 8.43. The zero-order chi connectivity index (χ0) is 9.26. The Morgan fingerprint density at radius 1 is 1.46 bits per heavy atom. The van der Waals surface area contributed by atoms with E-state index in [0.717, 1.165) is 6.42 Å². The van der Waals surface area contributed by atoms with E-state index in [4.69, 9.17) is 0 Å². The molecule has 0 aromatic heterocycles. The molecule has 1 nitrogen and oxygen atoms in total. The second kappa shape index (κ2) is 3.51. The van der Waals surface area contributed by atoms with Crippen LogP contribution in [0, 0.1) is 0 Å². The lowest BCUT2D eigenvalue weighted by Crippen LogP contribution is -2.12. The third-order valence-corrected chi connectivity index (χ3v) is 3.04. The van der Waals surface area contributed by atoms with Gasteiger partial charge in [0.05, 0.1) is 0 Å². The third kappa shape index (κ3) is 1.49. The lowest BCUT2D eigenvalue weighted by atomic mass is 10.0. The monoisotopic (exact) mass is 175 g/mol. The lowest BCUT2D eigenvalue weighted by molar-refractivity contribution is 0.590. The topological polar surface area (TPSA) is 12.0 Å². The van der Waals surface area contributed by atoms with Crippen LogP contribution in [0.5, 0.6) is 0 Å². The van der Waals surface area contributed by atoms with Crippen LogP contribution in [0.15, 0.2) is 18.2 Å². The first-order valence-electron chi connectivity index (χ1n) is 5.14. The molecule has 0 amide bonds. The smallest absolute Gasteiger partial charge is 0.0323 e. The molecule has 0 radical (unpaired) electrons. The lowest BCUT2D eigenvalue weighted by Gasteiger charge is -2.10. The molecule has 0 heterocycles. The van der Waals surface area contributed by atoms with Gasteiger partial charge in [0.2, 0.25) is 0 Å². The maximum Gasteiger partial charge on any atom is 0.0323 e. The molecule has 0 saturated heterocycles. The Bertz CT molecular complexity index is 304. The molecule has 0 spiro atoms. The van der Waals surface area contributed by atoms with Gasteiger partial charge in [-0.3, -0.25) is 0 Å². The highest BCUT2D eigenvalue weighted by atomic mass is 14.9. The van der Waals surface area contributed by atoms with E-state index in [2.05, 4.69) is 37.5 Å². The van der Waals surface area contributed by atoms with Crippen LogP contribution < -0.4 is 5.32 Å². The van der Waals surface area contributed by atoms with Crippen LogP contribution in [0.1, 0.15) is 36.1 Å². The number of nitrogens with one attached hydrogen (secondary N) is 1. The number of hydrogen-bond donors (Lipinski definition) is 1. The van der Waals surface area contributed by atoms with Gasteiger partial charge in [0, 0.05) is 6.04 Å². The summed E-state index contributed by atoms with van der Waals surface area (Å²) in [5, 5.41) is 3.37. The minimum absolute atomic E-state index is 0.599. The molecule has 2 rings (SSSR count). The average Bonchev–Trinajstić information content (AvgIpc) is 2.59. The van der Waals surface area contributed by atoms with Crippen molar-refractivity contribution in [3.8, 4) is 0 Å². The Kier molecular flexibility index (Phi) is 2.36. The van der Waals surface area contributed by atoms with Crippen molar-refractivity contribution in [1.82, 2.24) is 5.32 Å². The highest BCUT2D eigenvalue weighted by Crippen LogP contribution is 2.31. The molecule has 1 aliphatic rings. The first-order chi connectivity index (χ1) is 6.35. The molecular weight excluding hydrogens is 158 g/mol. The van der Waals surface area contributed by atoms with Crippen LogP contribution in [0.2, 0.25) is 0 Å². The van der Waals surface area contributed by atoms with Crippen LogP contribution >= 0.6 is 0 Å². The maximum absolute atomic E-state index is 3.37. The van der Waals surface area contributed by atoms with Crippen molar-refractivity contribution in [3.63, 3.8) is 0 Å². The van der Waals surface area contributed by atoms with Gasteiger partial charge in [0.25, 0.3) is 0 Å². The summed E-state index contributed by atoms with van der Waals surface area (Å²) in [6.07, 6.45) is 3.65. The van der Waals surface area contributed by atoms with E-state index in [0.29, 0.717) is 6.04 Å². The summed E-state index contributed by atoms with van der Waals surface area (Å²) < 4.78 is 0. The second-order valence-corrected chi connectivity index (χ2v) is 3.77. The van der Waals surface area contributed by atoms with Gasteiger partial charge < -0.3 is 5.32 Å². The number of fused-ring (bicyclic) bond motifs is 1. The molecule has 1 aromatic rings. The van der Waals surface area contributed by atoms with E-state index in [-0.39, 0.29) is 0 Å². The van der Waals surface area contributed by atoms with E-state index >= 15 is 0 Å². The van der Waals surface area contributed by atoms with Gasteiger partial charge in [-0.1, -0.05) is 25.1 Å². The molecule has 1 aliphatic carbocycles. The first kappa shape index (κ1) is 8.76. The van der Waals surface area contributed by atoms with Crippen molar-refractivity contribution in [3.05, 3.63) is 34.9 Å². The van der Waals surface area contributed by atoms with Gasteiger partial charge in [-0.15, -0.1) is 0 Å². The molecule has 0 bridgehead atoms. The van der Waals surface area contributed by atoms with Crippen LogP contribution in [0.4, 0.5) is 0 Å². The minimum atomic E-state index is 0.599. The van der Waals surface area contributed by atoms with Gasteiger partial charge in [-0.25, -0.2) is 0 Å². The molecule has 13 heavy (non-hydrogen) atoms. The van der Waals surface area contributed by atoms with Crippen LogP contribution in [0.3, 0.4) is 0 Å². The predicted molar refractivity (Wildman–Crippen MR) is 55.9 cm³/mol. The highest BCUT2D eigenvalue weighted by Gasteiger charge is 2.20. The number of aryl methyl sites for hydroxylation is 2. The standard InChI is InChI=1S/C12H17N/c1-3-9-4-5-10-6-7-12(13-2)11(10)8-9/h4-5,8,12-13H,3,6-7H2,1-2H3/t12-/m1/s1. The SMILES string of the molecule is CCc1ccc2c(c1)[C@H](NC)CC2. The Balaban J connectivity index is 2.37. The normalized spacial score (nSPS) is 20.3. The summed E-state index contributed by atoms with van der Waals surface area (Å²) in [6.45, 7) is 2.21. The fourth-order valence-electron chi connectivity index (χ4n) is 2.17. The van der Waals surface area contributed by atoms with Crippen molar-refractivity contribution in [2.75, 3.05) is 7.05 Å². The summed E-state index contributed by atoms with van der Waals surface area (Å²) in [5.74, 6) is 0. The Labute approximate surface area is 80.2 Å². The molecule has 0 fully saturated rings. The van der Waals surface area contributed by atoms with Crippen molar-refractivity contribution >= 4 is 0 Å². The van der Waals surface area contributed by atoms with Gasteiger partial charge in [0.15, 0.2) is 0 Å². The quantitative estimate of drug-likeness (QED) is 0.728. The zero-order valence-corrected chi connectivity index (χ0v) is 8.43. The van der Waals surface area contributed by atoms with E-state index in [1.165, 1.54) is 29.5 Å². The number of rotatable bonds is 2. The molecule has 0 unspecified atom stereocenters. The van der Waals surface area contributed by atoms with Crippen LogP contribution in [0.25, 0.3) is 0 Å². The third-order valence-electron chi connectivity index (χ3n) is 3.04. The van der Waals surface area contributed by atoms with Crippen LogP contribution in [-0.2, 0) is 12.8 Å². The summed E-state index contributed by atoms with van der Waals surface area (Å²) in [4.78, 5) is 0. The summed E-state index contributed by atoms with van der Waals surface area (Å²) in [5.41, 5.74) is 4.53. The van der Waals surface area contributed by atoms with Gasteiger partial charge >= 0.3 is 0 Å². The number of hydrogen-bond acceptors (Lipinski definition) is 1. The molecule has 1 atom stereocenters. The Hall–Kier alpha value is -0.820. The summed E-state index contributed by atoms with van der Waals surface area (Å²) >= 11 is 0. The maximum atomic E-state index is 3.37. The first-order valence-corrected chi connectivity index (χ1v) is 5.14. The van der Waals surface area contributed by atoms with Crippen molar-refractivity contribution in [2.45, 2.75) is 32.2 Å². The molecule has 1 N–H and O–H groups in total. The van der Waals surface area contributed by atoms with Gasteiger partial charge in [-0.2, -0.15) is 0 Å².